The SMILES string of the molecule is CNc1cc(OCCO)ccc1[N+](=O)[O-].COc1cc([N+](=O)[O-])ccc1NCCO. The second-order valence-electron chi connectivity index (χ2n) is 5.55. The molecule has 0 aliphatic rings. The molecule has 0 atom stereocenters. The van der Waals surface area contributed by atoms with E-state index >= 15 is 0 Å². The molecule has 0 saturated heterocycles. The predicted molar refractivity (Wildman–Crippen MR) is 110 cm³/mol. The van der Waals surface area contributed by atoms with Gasteiger partial charge in [-0.25, -0.2) is 0 Å². The molecule has 0 bridgehead atoms. The number of nitro groups is 2. The number of anilines is 2. The number of aliphatic hydroxyl groups excluding tert-OH is 2. The highest BCUT2D eigenvalue weighted by Crippen LogP contribution is 2.29. The van der Waals surface area contributed by atoms with Crippen LogP contribution in [-0.4, -0.2) is 60.6 Å². The van der Waals surface area contributed by atoms with Crippen molar-refractivity contribution in [3.63, 3.8) is 0 Å². The molecular formula is C18H24N4O8. The Morgan fingerprint density at radius 2 is 1.73 bits per heavy atom. The number of non-ortho nitro benzene ring substituents is 1. The number of nitrogens with zero attached hydrogens (tertiary/aromatic N) is 2. The zero-order valence-corrected chi connectivity index (χ0v) is 16.5. The zero-order valence-electron chi connectivity index (χ0n) is 16.5. The van der Waals surface area contributed by atoms with Crippen LogP contribution in [0.25, 0.3) is 0 Å². The van der Waals surface area contributed by atoms with Crippen molar-refractivity contribution in [1.82, 2.24) is 0 Å². The maximum absolute atomic E-state index is 10.6. The minimum Gasteiger partial charge on any atom is -0.494 e. The normalized spacial score (nSPS) is 9.73. The van der Waals surface area contributed by atoms with Gasteiger partial charge in [0.05, 0.1) is 41.9 Å². The summed E-state index contributed by atoms with van der Waals surface area (Å²) in [7, 11) is 3.03. The third-order valence-corrected chi connectivity index (χ3v) is 3.62. The number of rotatable bonds is 10. The zero-order chi connectivity index (χ0) is 22.5. The van der Waals surface area contributed by atoms with Crippen LogP contribution >= 0.6 is 0 Å². The third kappa shape index (κ3) is 7.41. The fourth-order valence-corrected chi connectivity index (χ4v) is 2.26. The van der Waals surface area contributed by atoms with Gasteiger partial charge in [0, 0.05) is 31.8 Å². The van der Waals surface area contributed by atoms with Gasteiger partial charge >= 0.3 is 0 Å². The summed E-state index contributed by atoms with van der Waals surface area (Å²) in [6.07, 6.45) is 0. The van der Waals surface area contributed by atoms with E-state index in [9.17, 15) is 20.2 Å². The van der Waals surface area contributed by atoms with Gasteiger partial charge in [0.2, 0.25) is 0 Å². The van der Waals surface area contributed by atoms with Crippen molar-refractivity contribution in [2.45, 2.75) is 0 Å². The van der Waals surface area contributed by atoms with Gasteiger partial charge in [-0.3, -0.25) is 20.2 Å². The third-order valence-electron chi connectivity index (χ3n) is 3.62. The quantitative estimate of drug-likeness (QED) is 0.327. The van der Waals surface area contributed by atoms with E-state index in [0.29, 0.717) is 29.4 Å². The van der Waals surface area contributed by atoms with Crippen LogP contribution in [0, 0.1) is 20.2 Å². The Bertz CT molecular complexity index is 847. The summed E-state index contributed by atoms with van der Waals surface area (Å²) < 4.78 is 10.1. The Kier molecular flexibility index (Phi) is 10.4. The minimum absolute atomic E-state index is 0.00570. The van der Waals surface area contributed by atoms with Crippen molar-refractivity contribution in [2.75, 3.05) is 51.2 Å². The highest BCUT2D eigenvalue weighted by atomic mass is 16.6. The Balaban J connectivity index is 0.000000300. The molecule has 0 fully saturated rings. The Morgan fingerprint density at radius 1 is 1.00 bits per heavy atom. The lowest BCUT2D eigenvalue weighted by Gasteiger charge is -2.09. The van der Waals surface area contributed by atoms with Crippen molar-refractivity contribution >= 4 is 22.7 Å². The summed E-state index contributed by atoms with van der Waals surface area (Å²) in [5.41, 5.74) is 0.975. The second-order valence-corrected chi connectivity index (χ2v) is 5.55. The van der Waals surface area contributed by atoms with E-state index < -0.39 is 9.85 Å². The largest absolute Gasteiger partial charge is 0.494 e. The number of nitro benzene ring substituents is 2. The van der Waals surface area contributed by atoms with Crippen molar-refractivity contribution in [1.29, 1.82) is 0 Å². The molecule has 0 aliphatic heterocycles. The number of methoxy groups -OCH3 is 1. The maximum atomic E-state index is 10.6. The lowest BCUT2D eigenvalue weighted by atomic mass is 10.2. The van der Waals surface area contributed by atoms with Crippen LogP contribution in [0.15, 0.2) is 36.4 Å². The summed E-state index contributed by atoms with van der Waals surface area (Å²) in [5.74, 6) is 0.872. The highest BCUT2D eigenvalue weighted by molar-refractivity contribution is 5.63. The van der Waals surface area contributed by atoms with E-state index in [2.05, 4.69) is 10.6 Å². The molecule has 0 spiro atoms. The van der Waals surface area contributed by atoms with E-state index in [1.165, 1.54) is 37.4 Å². The van der Waals surface area contributed by atoms with Crippen molar-refractivity contribution in [3.05, 3.63) is 56.6 Å². The van der Waals surface area contributed by atoms with Gasteiger partial charge in [0.15, 0.2) is 0 Å². The van der Waals surface area contributed by atoms with E-state index in [-0.39, 0.29) is 31.2 Å². The Labute approximate surface area is 172 Å². The van der Waals surface area contributed by atoms with Gasteiger partial charge in [0.1, 0.15) is 23.8 Å². The number of hydrogen-bond acceptors (Lipinski definition) is 10. The first-order valence-electron chi connectivity index (χ1n) is 8.74. The van der Waals surface area contributed by atoms with Crippen LogP contribution in [-0.2, 0) is 0 Å². The molecule has 30 heavy (non-hydrogen) atoms. The number of ether oxygens (including phenoxy) is 2. The first kappa shape index (κ1) is 24.4. The van der Waals surface area contributed by atoms with Gasteiger partial charge < -0.3 is 30.3 Å². The van der Waals surface area contributed by atoms with Gasteiger partial charge in [-0.2, -0.15) is 0 Å². The van der Waals surface area contributed by atoms with Crippen LogP contribution in [0.5, 0.6) is 11.5 Å². The highest BCUT2D eigenvalue weighted by Gasteiger charge is 2.13. The molecule has 0 unspecified atom stereocenters. The number of aliphatic hydroxyl groups is 2. The standard InChI is InChI=1S/2C9H12N2O4/c1-10-8-6-7(15-5-4-12)2-3-9(8)11(13)14;1-15-9-6-7(11(13)14)2-3-8(9)10-4-5-12/h2*2-3,6,10,12H,4-5H2,1H3. The first-order valence-corrected chi connectivity index (χ1v) is 8.74. The molecular weight excluding hydrogens is 400 g/mol. The molecule has 12 heteroatoms. The van der Waals surface area contributed by atoms with Crippen LogP contribution in [0.1, 0.15) is 0 Å². The number of nitrogens with one attached hydrogen (secondary N) is 2. The summed E-state index contributed by atoms with van der Waals surface area (Å²) in [4.78, 5) is 20.1. The second kappa shape index (κ2) is 12.7. The Hall–Kier alpha value is -3.64. The molecule has 164 valence electrons. The number of hydrogen-bond donors (Lipinski definition) is 4. The predicted octanol–water partition coefficient (Wildman–Crippen LogP) is 2.02. The lowest BCUT2D eigenvalue weighted by Crippen LogP contribution is -2.06. The molecule has 2 aromatic carbocycles. The van der Waals surface area contributed by atoms with Crippen LogP contribution in [0.3, 0.4) is 0 Å². The van der Waals surface area contributed by atoms with Crippen molar-refractivity contribution in [3.8, 4) is 11.5 Å². The summed E-state index contributed by atoms with van der Waals surface area (Å²) in [5, 5.41) is 43.8. The average molecular weight is 424 g/mol. The smallest absolute Gasteiger partial charge is 0.292 e. The van der Waals surface area contributed by atoms with Crippen LogP contribution < -0.4 is 20.1 Å². The first-order chi connectivity index (χ1) is 14.4. The van der Waals surface area contributed by atoms with Gasteiger partial charge in [-0.15, -0.1) is 0 Å². The number of benzene rings is 2. The van der Waals surface area contributed by atoms with Crippen molar-refractivity contribution in [2.24, 2.45) is 0 Å². The fourth-order valence-electron chi connectivity index (χ4n) is 2.26. The molecule has 0 aromatic heterocycles. The van der Waals surface area contributed by atoms with Gasteiger partial charge in [-0.05, 0) is 12.1 Å². The minimum atomic E-state index is -0.488. The molecule has 0 heterocycles. The van der Waals surface area contributed by atoms with E-state index in [1.807, 2.05) is 0 Å². The molecule has 12 nitrogen and oxygen atoms in total. The fraction of sp³-hybridized carbons (Fsp3) is 0.333. The topological polar surface area (TPSA) is 169 Å². The molecule has 0 amide bonds. The molecule has 2 aromatic rings. The van der Waals surface area contributed by atoms with Crippen molar-refractivity contribution < 1.29 is 29.5 Å². The lowest BCUT2D eigenvalue weighted by molar-refractivity contribution is -0.384. The van der Waals surface area contributed by atoms with Gasteiger partial charge in [-0.1, -0.05) is 0 Å². The molecule has 0 aliphatic carbocycles. The van der Waals surface area contributed by atoms with Crippen LogP contribution in [0.4, 0.5) is 22.7 Å². The summed E-state index contributed by atoms with van der Waals surface area (Å²) >= 11 is 0. The summed E-state index contributed by atoms with van der Waals surface area (Å²) in [6, 6.07) is 8.63. The van der Waals surface area contributed by atoms with E-state index in [0.717, 1.165) is 0 Å². The van der Waals surface area contributed by atoms with E-state index in [1.54, 1.807) is 13.1 Å². The molecule has 0 saturated carbocycles. The van der Waals surface area contributed by atoms with Crippen LogP contribution in [0.2, 0.25) is 0 Å². The molecule has 2 rings (SSSR count). The monoisotopic (exact) mass is 424 g/mol. The molecule has 4 N–H and O–H groups in total. The average Bonchev–Trinajstić information content (AvgIpc) is 2.76. The maximum Gasteiger partial charge on any atom is 0.292 e. The summed E-state index contributed by atoms with van der Waals surface area (Å²) in [6.45, 7) is 0.432. The Morgan fingerprint density at radius 3 is 2.27 bits per heavy atom. The molecule has 0 radical (unpaired) electrons. The van der Waals surface area contributed by atoms with E-state index in [4.69, 9.17) is 19.7 Å². The van der Waals surface area contributed by atoms with Gasteiger partial charge in [0.25, 0.3) is 11.4 Å².